The van der Waals surface area contributed by atoms with Crippen molar-refractivity contribution in [3.63, 3.8) is 0 Å². The summed E-state index contributed by atoms with van der Waals surface area (Å²) in [5.41, 5.74) is 0.766. The fraction of sp³-hybridized carbons (Fsp3) is 0.333. The monoisotopic (exact) mass is 254 g/mol. The van der Waals surface area contributed by atoms with Gasteiger partial charge in [0.05, 0.1) is 11.1 Å². The van der Waals surface area contributed by atoms with E-state index in [0.717, 1.165) is 0 Å². The summed E-state index contributed by atoms with van der Waals surface area (Å²) < 4.78 is 62.7. The third-order valence-electron chi connectivity index (χ3n) is 2.05. The molecule has 0 aliphatic carbocycles. The molecule has 0 saturated heterocycles. The summed E-state index contributed by atoms with van der Waals surface area (Å²) in [5.74, 6) is 0. The topological polar surface area (TPSA) is 56.0 Å². The van der Waals surface area contributed by atoms with Crippen molar-refractivity contribution in [1.82, 2.24) is 4.98 Å². The van der Waals surface area contributed by atoms with Gasteiger partial charge in [-0.25, -0.2) is 8.78 Å². The number of hydrogen-bond acceptors (Lipinski definition) is 3. The molecule has 1 aromatic rings. The molecule has 0 atom stereocenters. The third kappa shape index (κ3) is 2.57. The van der Waals surface area contributed by atoms with Crippen molar-refractivity contribution in [2.24, 2.45) is 5.73 Å². The number of alkyl halides is 5. The van der Waals surface area contributed by atoms with E-state index in [1.165, 1.54) is 0 Å². The summed E-state index contributed by atoms with van der Waals surface area (Å²) in [7, 11) is 0. The van der Waals surface area contributed by atoms with Crippen LogP contribution in [0.1, 0.15) is 33.6 Å². The standard InChI is InChI=1S/C9H7F5N2O/c10-8(11)7-5(3-17)6(9(12,13)14)4(1-15)2-16-7/h2-3,8H,1,15H2. The Labute approximate surface area is 92.4 Å². The molecule has 8 heteroatoms. The molecule has 0 saturated carbocycles. The predicted octanol–water partition coefficient (Wildman–Crippen LogP) is 2.31. The Kier molecular flexibility index (Phi) is 3.76. The Bertz CT molecular complexity index is 430. The summed E-state index contributed by atoms with van der Waals surface area (Å²) >= 11 is 0. The number of aromatic nitrogens is 1. The van der Waals surface area contributed by atoms with Crippen LogP contribution in [0.5, 0.6) is 0 Å². The zero-order chi connectivity index (χ0) is 13.2. The van der Waals surface area contributed by atoms with Crippen LogP contribution < -0.4 is 5.73 Å². The molecule has 0 bridgehead atoms. The smallest absolute Gasteiger partial charge is 0.326 e. The van der Waals surface area contributed by atoms with E-state index < -0.39 is 41.5 Å². The fourth-order valence-electron chi connectivity index (χ4n) is 1.37. The molecule has 1 heterocycles. The quantitative estimate of drug-likeness (QED) is 0.665. The van der Waals surface area contributed by atoms with Gasteiger partial charge >= 0.3 is 6.18 Å². The second-order valence-electron chi connectivity index (χ2n) is 3.08. The second-order valence-corrected chi connectivity index (χ2v) is 3.08. The zero-order valence-electron chi connectivity index (χ0n) is 8.26. The molecule has 0 aliphatic heterocycles. The number of nitrogens with two attached hydrogens (primary N) is 1. The van der Waals surface area contributed by atoms with Gasteiger partial charge in [-0.15, -0.1) is 0 Å². The number of pyridine rings is 1. The first-order chi connectivity index (χ1) is 7.82. The lowest BCUT2D eigenvalue weighted by molar-refractivity contribution is -0.138. The third-order valence-corrected chi connectivity index (χ3v) is 2.05. The molecule has 1 aromatic heterocycles. The summed E-state index contributed by atoms with van der Waals surface area (Å²) in [5, 5.41) is 0. The molecule has 1 rings (SSSR count). The van der Waals surface area contributed by atoms with Crippen molar-refractivity contribution >= 4 is 6.29 Å². The maximum atomic E-state index is 12.6. The number of hydrogen-bond donors (Lipinski definition) is 1. The van der Waals surface area contributed by atoms with Crippen molar-refractivity contribution in [3.8, 4) is 0 Å². The molecule has 0 spiro atoms. The van der Waals surface area contributed by atoms with Crippen LogP contribution >= 0.6 is 0 Å². The first-order valence-corrected chi connectivity index (χ1v) is 4.35. The lowest BCUT2D eigenvalue weighted by atomic mass is 10.0. The summed E-state index contributed by atoms with van der Waals surface area (Å²) in [6.07, 6.45) is -7.87. The zero-order valence-corrected chi connectivity index (χ0v) is 8.26. The van der Waals surface area contributed by atoms with E-state index in [1.807, 2.05) is 0 Å². The Morgan fingerprint density at radius 1 is 1.41 bits per heavy atom. The highest BCUT2D eigenvalue weighted by molar-refractivity contribution is 5.80. The molecule has 0 radical (unpaired) electrons. The number of carbonyl (C=O) groups excluding carboxylic acids is 1. The van der Waals surface area contributed by atoms with Gasteiger partial charge in [0.1, 0.15) is 5.69 Å². The first kappa shape index (κ1) is 13.5. The Morgan fingerprint density at radius 3 is 2.35 bits per heavy atom. The highest BCUT2D eigenvalue weighted by Crippen LogP contribution is 2.36. The summed E-state index contributed by atoms with van der Waals surface area (Å²) in [6, 6.07) is 0. The van der Waals surface area contributed by atoms with Crippen LogP contribution in [0.15, 0.2) is 6.20 Å². The van der Waals surface area contributed by atoms with Gasteiger partial charge in [0.25, 0.3) is 6.43 Å². The minimum absolute atomic E-state index is 0.281. The van der Waals surface area contributed by atoms with Crippen LogP contribution in [0.4, 0.5) is 22.0 Å². The molecule has 17 heavy (non-hydrogen) atoms. The van der Waals surface area contributed by atoms with Crippen LogP contribution in [0.25, 0.3) is 0 Å². The number of aldehydes is 1. The molecule has 0 fully saturated rings. The average Bonchev–Trinajstić information content (AvgIpc) is 2.25. The molecule has 0 amide bonds. The molecule has 0 aliphatic rings. The normalized spacial score (nSPS) is 11.9. The van der Waals surface area contributed by atoms with Gasteiger partial charge in [0.15, 0.2) is 6.29 Å². The minimum Gasteiger partial charge on any atom is -0.326 e. The largest absolute Gasteiger partial charge is 0.417 e. The van der Waals surface area contributed by atoms with Gasteiger partial charge in [0.2, 0.25) is 0 Å². The number of carbonyl (C=O) groups is 1. The van der Waals surface area contributed by atoms with Gasteiger partial charge in [-0.05, 0) is 5.56 Å². The van der Waals surface area contributed by atoms with Crippen molar-refractivity contribution < 1.29 is 26.7 Å². The predicted molar refractivity (Wildman–Crippen MR) is 47.5 cm³/mol. The number of halogens is 5. The van der Waals surface area contributed by atoms with Gasteiger partial charge in [-0.3, -0.25) is 9.78 Å². The average molecular weight is 254 g/mol. The van der Waals surface area contributed by atoms with Crippen molar-refractivity contribution in [1.29, 1.82) is 0 Å². The Hall–Kier alpha value is -1.57. The van der Waals surface area contributed by atoms with Crippen molar-refractivity contribution in [3.05, 3.63) is 28.6 Å². The maximum absolute atomic E-state index is 12.6. The van der Waals surface area contributed by atoms with E-state index in [9.17, 15) is 26.7 Å². The molecule has 0 aromatic carbocycles. The van der Waals surface area contributed by atoms with Gasteiger partial charge in [-0.2, -0.15) is 13.2 Å². The van der Waals surface area contributed by atoms with Gasteiger partial charge < -0.3 is 5.73 Å². The Morgan fingerprint density at radius 2 is 2.00 bits per heavy atom. The van der Waals surface area contributed by atoms with Gasteiger partial charge in [-0.1, -0.05) is 0 Å². The second kappa shape index (κ2) is 4.74. The minimum atomic E-state index is -4.93. The van der Waals surface area contributed by atoms with Crippen molar-refractivity contribution in [2.75, 3.05) is 0 Å². The van der Waals surface area contributed by atoms with Crippen LogP contribution in [-0.2, 0) is 12.7 Å². The SMILES string of the molecule is NCc1cnc(C(F)F)c(C=O)c1C(F)(F)F. The molecular formula is C9H7F5N2O. The summed E-state index contributed by atoms with van der Waals surface area (Å²) in [6.45, 7) is -0.549. The molecular weight excluding hydrogens is 247 g/mol. The van der Waals surface area contributed by atoms with Crippen LogP contribution in [0.2, 0.25) is 0 Å². The van der Waals surface area contributed by atoms with Gasteiger partial charge in [0, 0.05) is 12.7 Å². The van der Waals surface area contributed by atoms with Crippen molar-refractivity contribution in [2.45, 2.75) is 19.1 Å². The highest BCUT2D eigenvalue weighted by atomic mass is 19.4. The number of rotatable bonds is 3. The van der Waals surface area contributed by atoms with Crippen LogP contribution in [0.3, 0.4) is 0 Å². The maximum Gasteiger partial charge on any atom is 0.417 e. The molecule has 0 unspecified atom stereocenters. The number of nitrogens with zero attached hydrogens (tertiary/aromatic N) is 1. The Balaban J connectivity index is 3.61. The molecule has 3 nitrogen and oxygen atoms in total. The van der Waals surface area contributed by atoms with Crippen LogP contribution in [-0.4, -0.2) is 11.3 Å². The fourth-order valence-corrected chi connectivity index (χ4v) is 1.37. The van der Waals surface area contributed by atoms with E-state index in [0.29, 0.717) is 6.20 Å². The lowest BCUT2D eigenvalue weighted by Gasteiger charge is -2.15. The first-order valence-electron chi connectivity index (χ1n) is 4.35. The lowest BCUT2D eigenvalue weighted by Crippen LogP contribution is -2.18. The van der Waals surface area contributed by atoms with E-state index in [1.54, 1.807) is 0 Å². The van der Waals surface area contributed by atoms with E-state index in [-0.39, 0.29) is 6.29 Å². The molecule has 2 N–H and O–H groups in total. The summed E-state index contributed by atoms with van der Waals surface area (Å²) in [4.78, 5) is 13.7. The van der Waals surface area contributed by atoms with E-state index in [2.05, 4.69) is 4.98 Å². The van der Waals surface area contributed by atoms with E-state index >= 15 is 0 Å². The van der Waals surface area contributed by atoms with E-state index in [4.69, 9.17) is 5.73 Å². The highest BCUT2D eigenvalue weighted by Gasteiger charge is 2.38. The molecule has 94 valence electrons. The van der Waals surface area contributed by atoms with Crippen LogP contribution in [0, 0.1) is 0 Å².